The van der Waals surface area contributed by atoms with Gasteiger partial charge in [-0.3, -0.25) is 9.59 Å². The van der Waals surface area contributed by atoms with Gasteiger partial charge in [0, 0.05) is 11.6 Å². The van der Waals surface area contributed by atoms with E-state index in [0.717, 1.165) is 5.56 Å². The first-order chi connectivity index (χ1) is 9.69. The molecule has 0 heterocycles. The Balaban J connectivity index is 2.05. The molecule has 100 valence electrons. The second-order valence-corrected chi connectivity index (χ2v) is 4.12. The minimum absolute atomic E-state index is 0.173. The zero-order chi connectivity index (χ0) is 14.4. The lowest BCUT2D eigenvalue weighted by molar-refractivity contribution is -0.111. The van der Waals surface area contributed by atoms with Crippen LogP contribution in [0.3, 0.4) is 0 Å². The number of amides is 1. The van der Waals surface area contributed by atoms with E-state index >= 15 is 0 Å². The summed E-state index contributed by atoms with van der Waals surface area (Å²) in [6, 6.07) is 13.2. The van der Waals surface area contributed by atoms with Gasteiger partial charge in [0.05, 0.1) is 5.69 Å². The molecule has 20 heavy (non-hydrogen) atoms. The molecule has 0 saturated heterocycles. The van der Waals surface area contributed by atoms with Crippen LogP contribution in [0, 0.1) is 0 Å². The number of carbonyl (C=O) groups is 2. The van der Waals surface area contributed by atoms with Crippen molar-refractivity contribution in [2.75, 3.05) is 5.32 Å². The molecule has 0 radical (unpaired) electrons. The number of benzene rings is 2. The highest BCUT2D eigenvalue weighted by Crippen LogP contribution is 2.13. The fraction of sp³-hybridized carbons (Fsp3) is 0. The van der Waals surface area contributed by atoms with Gasteiger partial charge < -0.3 is 10.4 Å². The lowest BCUT2D eigenvalue weighted by Gasteiger charge is -2.04. The van der Waals surface area contributed by atoms with E-state index < -0.39 is 0 Å². The van der Waals surface area contributed by atoms with Crippen LogP contribution in [0.5, 0.6) is 5.75 Å². The number of carbonyl (C=O) groups excluding carboxylic acids is 2. The number of anilines is 1. The van der Waals surface area contributed by atoms with Gasteiger partial charge in [-0.2, -0.15) is 0 Å². The third kappa shape index (κ3) is 3.55. The number of hydrogen-bond donors (Lipinski definition) is 2. The Bertz CT molecular complexity index is 645. The summed E-state index contributed by atoms with van der Waals surface area (Å²) < 4.78 is 0. The molecule has 2 N–H and O–H groups in total. The van der Waals surface area contributed by atoms with Gasteiger partial charge in [0.2, 0.25) is 5.91 Å². The molecule has 4 heteroatoms. The number of phenols is 1. The number of para-hydroxylation sites is 1. The van der Waals surface area contributed by atoms with Gasteiger partial charge in [-0.1, -0.05) is 24.3 Å². The maximum absolute atomic E-state index is 11.8. The third-order valence-electron chi connectivity index (χ3n) is 2.67. The van der Waals surface area contributed by atoms with Gasteiger partial charge in [0.1, 0.15) is 5.75 Å². The second-order valence-electron chi connectivity index (χ2n) is 4.12. The van der Waals surface area contributed by atoms with Gasteiger partial charge in [0.15, 0.2) is 6.29 Å². The maximum atomic E-state index is 11.8. The molecule has 1 amide bonds. The Morgan fingerprint density at radius 2 is 1.75 bits per heavy atom. The number of nitrogens with one attached hydrogen (secondary N) is 1. The molecule has 0 saturated carbocycles. The normalized spacial score (nSPS) is 10.4. The van der Waals surface area contributed by atoms with E-state index in [9.17, 15) is 9.59 Å². The molecule has 0 unspecified atom stereocenters. The van der Waals surface area contributed by atoms with Crippen molar-refractivity contribution < 1.29 is 14.7 Å². The zero-order valence-electron chi connectivity index (χ0n) is 10.6. The topological polar surface area (TPSA) is 66.4 Å². The average Bonchev–Trinajstić information content (AvgIpc) is 2.47. The minimum atomic E-state index is -0.327. The van der Waals surface area contributed by atoms with E-state index in [1.165, 1.54) is 6.08 Å². The van der Waals surface area contributed by atoms with Crippen LogP contribution in [0.4, 0.5) is 5.69 Å². The molecule has 0 bridgehead atoms. The molecule has 0 fully saturated rings. The Hall–Kier alpha value is -2.88. The number of rotatable bonds is 4. The highest BCUT2D eigenvalue weighted by molar-refractivity contribution is 6.04. The first kappa shape index (κ1) is 13.5. The molecule has 0 aliphatic carbocycles. The highest BCUT2D eigenvalue weighted by atomic mass is 16.3. The average molecular weight is 267 g/mol. The van der Waals surface area contributed by atoms with Crippen molar-refractivity contribution in [3.8, 4) is 5.75 Å². The van der Waals surface area contributed by atoms with E-state index in [4.69, 9.17) is 5.11 Å². The fourth-order valence-electron chi connectivity index (χ4n) is 1.65. The monoisotopic (exact) mass is 267 g/mol. The summed E-state index contributed by atoms with van der Waals surface area (Å²) in [5, 5.41) is 11.8. The number of hydrogen-bond acceptors (Lipinski definition) is 3. The number of aldehydes is 1. The fourth-order valence-corrected chi connectivity index (χ4v) is 1.65. The quantitative estimate of drug-likeness (QED) is 0.661. The van der Waals surface area contributed by atoms with Crippen LogP contribution >= 0.6 is 0 Å². The zero-order valence-corrected chi connectivity index (χ0v) is 10.6. The predicted molar refractivity (Wildman–Crippen MR) is 77.6 cm³/mol. The molecule has 2 aromatic carbocycles. The lowest BCUT2D eigenvalue weighted by atomic mass is 10.2. The molecule has 4 nitrogen and oxygen atoms in total. The molecule has 0 atom stereocenters. The van der Waals surface area contributed by atoms with E-state index in [-0.39, 0.29) is 11.7 Å². The molecule has 2 rings (SSSR count). The summed E-state index contributed by atoms with van der Waals surface area (Å²) in [6.45, 7) is 0. The minimum Gasteiger partial charge on any atom is -0.508 e. The van der Waals surface area contributed by atoms with E-state index in [0.29, 0.717) is 17.5 Å². The van der Waals surface area contributed by atoms with Crippen molar-refractivity contribution in [3.63, 3.8) is 0 Å². The van der Waals surface area contributed by atoms with Crippen molar-refractivity contribution in [3.05, 3.63) is 65.7 Å². The van der Waals surface area contributed by atoms with Crippen LogP contribution < -0.4 is 5.32 Å². The van der Waals surface area contributed by atoms with Crippen LogP contribution in [0.2, 0.25) is 0 Å². The Morgan fingerprint density at radius 1 is 1.05 bits per heavy atom. The van der Waals surface area contributed by atoms with Crippen molar-refractivity contribution in [2.45, 2.75) is 0 Å². The summed E-state index contributed by atoms with van der Waals surface area (Å²) in [4.78, 5) is 22.6. The smallest absolute Gasteiger partial charge is 0.248 e. The predicted octanol–water partition coefficient (Wildman–Crippen LogP) is 2.86. The van der Waals surface area contributed by atoms with Crippen LogP contribution in [-0.2, 0) is 4.79 Å². The maximum Gasteiger partial charge on any atom is 0.248 e. The van der Waals surface area contributed by atoms with Crippen LogP contribution in [0.15, 0.2) is 54.6 Å². The summed E-state index contributed by atoms with van der Waals surface area (Å²) >= 11 is 0. The SMILES string of the molecule is O=Cc1ccccc1NC(=O)/C=C/c1ccc(O)cc1. The summed E-state index contributed by atoms with van der Waals surface area (Å²) in [6.07, 6.45) is 3.69. The van der Waals surface area contributed by atoms with Gasteiger partial charge in [0.25, 0.3) is 0 Å². The summed E-state index contributed by atoms with van der Waals surface area (Å²) in [7, 11) is 0. The van der Waals surface area contributed by atoms with Crippen molar-refractivity contribution in [1.82, 2.24) is 0 Å². The van der Waals surface area contributed by atoms with Crippen molar-refractivity contribution in [1.29, 1.82) is 0 Å². The van der Waals surface area contributed by atoms with Crippen LogP contribution in [-0.4, -0.2) is 17.3 Å². The van der Waals surface area contributed by atoms with E-state index in [2.05, 4.69) is 5.32 Å². The molecular formula is C16H13NO3. The summed E-state index contributed by atoms with van der Waals surface area (Å²) in [5.41, 5.74) is 1.70. The largest absolute Gasteiger partial charge is 0.508 e. The Kier molecular flexibility index (Phi) is 4.29. The van der Waals surface area contributed by atoms with Gasteiger partial charge in [-0.05, 0) is 35.9 Å². The van der Waals surface area contributed by atoms with Crippen molar-refractivity contribution in [2.24, 2.45) is 0 Å². The van der Waals surface area contributed by atoms with Gasteiger partial charge in [-0.25, -0.2) is 0 Å². The van der Waals surface area contributed by atoms with E-state index in [1.807, 2.05) is 0 Å². The Morgan fingerprint density at radius 3 is 2.45 bits per heavy atom. The first-order valence-electron chi connectivity index (χ1n) is 6.01. The second kappa shape index (κ2) is 6.33. The molecular weight excluding hydrogens is 254 g/mol. The lowest BCUT2D eigenvalue weighted by Crippen LogP contribution is -2.09. The molecule has 0 spiro atoms. The third-order valence-corrected chi connectivity index (χ3v) is 2.67. The highest BCUT2D eigenvalue weighted by Gasteiger charge is 2.02. The van der Waals surface area contributed by atoms with Crippen LogP contribution in [0.1, 0.15) is 15.9 Å². The number of aromatic hydroxyl groups is 1. The van der Waals surface area contributed by atoms with Gasteiger partial charge >= 0.3 is 0 Å². The molecule has 0 aromatic heterocycles. The molecule has 2 aromatic rings. The standard InChI is InChI=1S/C16H13NO3/c18-11-13-3-1-2-4-15(13)17-16(20)10-7-12-5-8-14(19)9-6-12/h1-11,19H,(H,17,20)/b10-7+. The Labute approximate surface area is 116 Å². The summed E-state index contributed by atoms with van der Waals surface area (Å²) in [5.74, 6) is -0.154. The van der Waals surface area contributed by atoms with Gasteiger partial charge in [-0.15, -0.1) is 0 Å². The first-order valence-corrected chi connectivity index (χ1v) is 6.01. The van der Waals surface area contributed by atoms with Crippen molar-refractivity contribution >= 4 is 24.0 Å². The number of phenolic OH excluding ortho intramolecular Hbond substituents is 1. The molecule has 0 aliphatic rings. The molecule has 0 aliphatic heterocycles. The van der Waals surface area contributed by atoms with Crippen LogP contribution in [0.25, 0.3) is 6.08 Å². The van der Waals surface area contributed by atoms with E-state index in [1.54, 1.807) is 54.6 Å².